The highest BCUT2D eigenvalue weighted by Gasteiger charge is 2.21. The first-order chi connectivity index (χ1) is 12.7. The predicted molar refractivity (Wildman–Crippen MR) is 99.5 cm³/mol. The fraction of sp³-hybridized carbons (Fsp3) is 0.263. The number of thiophene rings is 1. The van der Waals surface area contributed by atoms with Crippen molar-refractivity contribution < 1.29 is 4.42 Å². The highest BCUT2D eigenvalue weighted by Crippen LogP contribution is 2.34. The smallest absolute Gasteiger partial charge is 0.262 e. The normalized spacial score (nSPS) is 13.4. The fourth-order valence-electron chi connectivity index (χ4n) is 3.41. The van der Waals surface area contributed by atoms with Gasteiger partial charge in [-0.1, -0.05) is 17.7 Å². The molecule has 0 spiro atoms. The maximum absolute atomic E-state index is 12.9. The van der Waals surface area contributed by atoms with E-state index >= 15 is 0 Å². The Morgan fingerprint density at radius 3 is 2.88 bits per heavy atom. The van der Waals surface area contributed by atoms with Crippen LogP contribution in [0.1, 0.15) is 28.3 Å². The van der Waals surface area contributed by atoms with E-state index in [9.17, 15) is 4.79 Å². The van der Waals surface area contributed by atoms with Crippen molar-refractivity contribution in [2.24, 2.45) is 0 Å². The number of benzene rings is 1. The molecule has 1 aromatic carbocycles. The van der Waals surface area contributed by atoms with Gasteiger partial charge in [0.2, 0.25) is 11.8 Å². The van der Waals surface area contributed by atoms with E-state index in [1.54, 1.807) is 22.2 Å². The molecule has 0 aliphatic heterocycles. The molecule has 3 heterocycles. The first-order valence-electron chi connectivity index (χ1n) is 8.58. The van der Waals surface area contributed by atoms with Crippen LogP contribution in [0.3, 0.4) is 0 Å². The first kappa shape index (κ1) is 15.5. The van der Waals surface area contributed by atoms with E-state index in [-0.39, 0.29) is 12.1 Å². The molecular weight excluding hydrogens is 348 g/mol. The van der Waals surface area contributed by atoms with Crippen LogP contribution in [0.2, 0.25) is 0 Å². The Morgan fingerprint density at radius 1 is 1.19 bits per heavy atom. The van der Waals surface area contributed by atoms with E-state index in [1.807, 2.05) is 31.2 Å². The van der Waals surface area contributed by atoms with Gasteiger partial charge in [0.05, 0.1) is 11.7 Å². The van der Waals surface area contributed by atoms with Gasteiger partial charge in [-0.25, -0.2) is 4.98 Å². The van der Waals surface area contributed by atoms with Gasteiger partial charge in [-0.2, -0.15) is 0 Å². The number of nitrogens with zero attached hydrogens (tertiary/aromatic N) is 4. The number of aryl methyl sites for hydroxylation is 3. The van der Waals surface area contributed by atoms with Crippen LogP contribution in [0.15, 0.2) is 39.8 Å². The molecule has 7 heteroatoms. The summed E-state index contributed by atoms with van der Waals surface area (Å²) in [4.78, 5) is 19.5. The lowest BCUT2D eigenvalue weighted by Crippen LogP contribution is -2.21. The summed E-state index contributed by atoms with van der Waals surface area (Å²) in [6.07, 6.45) is 4.72. The van der Waals surface area contributed by atoms with Crippen LogP contribution in [0.25, 0.3) is 21.7 Å². The van der Waals surface area contributed by atoms with Crippen molar-refractivity contribution in [2.45, 2.75) is 32.7 Å². The molecular formula is C19H16N4O2S. The summed E-state index contributed by atoms with van der Waals surface area (Å²) in [7, 11) is 0. The summed E-state index contributed by atoms with van der Waals surface area (Å²) in [5, 5.41) is 8.96. The van der Waals surface area contributed by atoms with Crippen molar-refractivity contribution in [1.29, 1.82) is 0 Å². The van der Waals surface area contributed by atoms with Crippen LogP contribution in [0.5, 0.6) is 0 Å². The van der Waals surface area contributed by atoms with Crippen molar-refractivity contribution in [3.8, 4) is 11.5 Å². The molecule has 1 aliphatic carbocycles. The number of hydrogen-bond acceptors (Lipinski definition) is 6. The standard InChI is InChI=1S/C19H16N4O2S/c1-11-5-7-12(8-6-11)17-22-21-15(25-17)9-23-10-20-18-16(19(23)24)13-3-2-4-14(13)26-18/h5-8,10H,2-4,9H2,1H3. The van der Waals surface area contributed by atoms with E-state index in [0.29, 0.717) is 11.8 Å². The number of aromatic nitrogens is 4. The quantitative estimate of drug-likeness (QED) is 0.557. The molecule has 0 saturated heterocycles. The van der Waals surface area contributed by atoms with Gasteiger partial charge in [0.25, 0.3) is 5.56 Å². The summed E-state index contributed by atoms with van der Waals surface area (Å²) >= 11 is 1.64. The zero-order valence-electron chi connectivity index (χ0n) is 14.2. The zero-order chi connectivity index (χ0) is 17.7. The maximum Gasteiger partial charge on any atom is 0.262 e. The monoisotopic (exact) mass is 364 g/mol. The molecule has 0 atom stereocenters. The van der Waals surface area contributed by atoms with Gasteiger partial charge in [0.15, 0.2) is 0 Å². The van der Waals surface area contributed by atoms with Gasteiger partial charge in [0.1, 0.15) is 11.4 Å². The summed E-state index contributed by atoms with van der Waals surface area (Å²) in [6, 6.07) is 7.89. The molecule has 0 unspecified atom stereocenters. The molecule has 5 rings (SSSR count). The SMILES string of the molecule is Cc1ccc(-c2nnc(Cn3cnc4sc5c(c4c3=O)CCC5)o2)cc1. The van der Waals surface area contributed by atoms with Gasteiger partial charge in [-0.15, -0.1) is 21.5 Å². The molecule has 26 heavy (non-hydrogen) atoms. The van der Waals surface area contributed by atoms with Crippen LogP contribution in [-0.4, -0.2) is 19.7 Å². The van der Waals surface area contributed by atoms with E-state index in [4.69, 9.17) is 4.42 Å². The van der Waals surface area contributed by atoms with Gasteiger partial charge in [-0.3, -0.25) is 9.36 Å². The minimum atomic E-state index is -0.0236. The molecule has 0 amide bonds. The largest absolute Gasteiger partial charge is 0.419 e. The second-order valence-corrected chi connectivity index (χ2v) is 7.67. The number of hydrogen-bond donors (Lipinski definition) is 0. The van der Waals surface area contributed by atoms with E-state index in [0.717, 1.165) is 35.0 Å². The molecule has 3 aromatic heterocycles. The molecule has 0 N–H and O–H groups in total. The van der Waals surface area contributed by atoms with Gasteiger partial charge < -0.3 is 4.42 Å². The lowest BCUT2D eigenvalue weighted by Gasteiger charge is -2.02. The van der Waals surface area contributed by atoms with E-state index < -0.39 is 0 Å². The van der Waals surface area contributed by atoms with Crippen molar-refractivity contribution in [3.63, 3.8) is 0 Å². The Hall–Kier alpha value is -2.80. The van der Waals surface area contributed by atoms with Crippen molar-refractivity contribution in [3.05, 3.63) is 62.8 Å². The lowest BCUT2D eigenvalue weighted by molar-refractivity contribution is 0.483. The summed E-state index contributed by atoms with van der Waals surface area (Å²) < 4.78 is 7.30. The van der Waals surface area contributed by atoms with Crippen molar-refractivity contribution in [2.75, 3.05) is 0 Å². The molecule has 0 fully saturated rings. The van der Waals surface area contributed by atoms with E-state index in [2.05, 4.69) is 15.2 Å². The number of fused-ring (bicyclic) bond motifs is 3. The predicted octanol–water partition coefficient (Wildman–Crippen LogP) is 3.35. The summed E-state index contributed by atoms with van der Waals surface area (Å²) in [5.74, 6) is 0.856. The Kier molecular flexibility index (Phi) is 3.49. The highest BCUT2D eigenvalue weighted by molar-refractivity contribution is 7.18. The topological polar surface area (TPSA) is 73.8 Å². The number of rotatable bonds is 3. The fourth-order valence-corrected chi connectivity index (χ4v) is 4.63. The highest BCUT2D eigenvalue weighted by atomic mass is 32.1. The molecule has 0 bridgehead atoms. The molecule has 6 nitrogen and oxygen atoms in total. The average Bonchev–Trinajstić information content (AvgIpc) is 3.34. The van der Waals surface area contributed by atoms with E-state index in [1.165, 1.54) is 16.0 Å². The minimum absolute atomic E-state index is 0.0236. The second kappa shape index (κ2) is 5.88. The Bertz CT molecular complexity index is 1170. The maximum atomic E-state index is 12.9. The van der Waals surface area contributed by atoms with Crippen LogP contribution in [0, 0.1) is 6.92 Å². The van der Waals surface area contributed by atoms with Crippen LogP contribution < -0.4 is 5.56 Å². The van der Waals surface area contributed by atoms with Crippen LogP contribution >= 0.6 is 11.3 Å². The van der Waals surface area contributed by atoms with Crippen LogP contribution in [0.4, 0.5) is 0 Å². The van der Waals surface area contributed by atoms with Crippen molar-refractivity contribution >= 4 is 21.6 Å². The van der Waals surface area contributed by atoms with Gasteiger partial charge >= 0.3 is 0 Å². The van der Waals surface area contributed by atoms with Gasteiger partial charge in [0, 0.05) is 10.4 Å². The molecule has 0 radical (unpaired) electrons. The lowest BCUT2D eigenvalue weighted by atomic mass is 10.1. The Balaban J connectivity index is 1.49. The molecule has 130 valence electrons. The van der Waals surface area contributed by atoms with Gasteiger partial charge in [-0.05, 0) is 43.9 Å². The second-order valence-electron chi connectivity index (χ2n) is 6.58. The molecule has 4 aromatic rings. The third kappa shape index (κ3) is 2.47. The zero-order valence-corrected chi connectivity index (χ0v) is 15.0. The minimum Gasteiger partial charge on any atom is -0.419 e. The summed E-state index contributed by atoms with van der Waals surface area (Å²) in [6.45, 7) is 2.25. The first-order valence-corrected chi connectivity index (χ1v) is 9.40. The third-order valence-corrected chi connectivity index (χ3v) is 5.96. The Labute approximate surface area is 153 Å². The Morgan fingerprint density at radius 2 is 2.04 bits per heavy atom. The summed E-state index contributed by atoms with van der Waals surface area (Å²) in [5.41, 5.74) is 3.20. The van der Waals surface area contributed by atoms with Crippen molar-refractivity contribution in [1.82, 2.24) is 19.7 Å². The van der Waals surface area contributed by atoms with Crippen LogP contribution in [-0.2, 0) is 19.4 Å². The molecule has 0 saturated carbocycles. The average molecular weight is 364 g/mol. The molecule has 1 aliphatic rings. The third-order valence-electron chi connectivity index (χ3n) is 4.76.